The van der Waals surface area contributed by atoms with Gasteiger partial charge < -0.3 is 10.6 Å². The van der Waals surface area contributed by atoms with Crippen molar-refractivity contribution in [3.05, 3.63) is 47.3 Å². The highest BCUT2D eigenvalue weighted by molar-refractivity contribution is 5.93. The van der Waals surface area contributed by atoms with Crippen LogP contribution in [0.3, 0.4) is 0 Å². The van der Waals surface area contributed by atoms with Crippen molar-refractivity contribution in [3.8, 4) is 0 Å². The molecule has 1 aromatic carbocycles. The lowest BCUT2D eigenvalue weighted by atomic mass is 9.94. The molecular weight excluding hydrogens is 374 g/mol. The van der Waals surface area contributed by atoms with E-state index in [0.717, 1.165) is 44.5 Å². The van der Waals surface area contributed by atoms with Crippen molar-refractivity contribution in [2.45, 2.75) is 57.5 Å². The topological polar surface area (TPSA) is 71.8 Å². The maximum Gasteiger partial charge on any atom is 0.273 e. The lowest BCUT2D eigenvalue weighted by Gasteiger charge is -2.23. The standard InChI is InChI=1S/C21H29N5O.ClH/c1-15-20(24-25-26(15)18-10-12-22-13-11-18)21(27)23-19-9-5-8-17(19)14-16-6-3-2-4-7-16;/h2-4,6-7,17-19,22H,5,8-14H2,1H3,(H,23,27);1H. The molecule has 1 amide bonds. The SMILES string of the molecule is Cc1c(C(=O)NC2CCCC2Cc2ccccc2)nnn1C1CCNCC1.Cl. The number of rotatable bonds is 5. The summed E-state index contributed by atoms with van der Waals surface area (Å²) in [6.07, 6.45) is 6.47. The second-order valence-corrected chi connectivity index (χ2v) is 7.91. The third-order valence-electron chi connectivity index (χ3n) is 6.11. The van der Waals surface area contributed by atoms with Crippen LogP contribution < -0.4 is 10.6 Å². The molecule has 4 rings (SSSR count). The van der Waals surface area contributed by atoms with Crippen molar-refractivity contribution in [1.82, 2.24) is 25.6 Å². The molecule has 2 heterocycles. The summed E-state index contributed by atoms with van der Waals surface area (Å²) in [4.78, 5) is 12.9. The minimum atomic E-state index is -0.0716. The molecule has 1 saturated carbocycles. The van der Waals surface area contributed by atoms with Crippen molar-refractivity contribution in [3.63, 3.8) is 0 Å². The number of carbonyl (C=O) groups excluding carboxylic acids is 1. The number of hydrogen-bond acceptors (Lipinski definition) is 4. The molecule has 1 aliphatic heterocycles. The van der Waals surface area contributed by atoms with E-state index in [4.69, 9.17) is 0 Å². The van der Waals surface area contributed by atoms with Gasteiger partial charge in [-0.25, -0.2) is 4.68 Å². The minimum Gasteiger partial charge on any atom is -0.348 e. The van der Waals surface area contributed by atoms with Gasteiger partial charge in [0.1, 0.15) is 0 Å². The Balaban J connectivity index is 0.00000225. The molecule has 6 nitrogen and oxygen atoms in total. The molecule has 2 fully saturated rings. The van der Waals surface area contributed by atoms with Gasteiger partial charge in [-0.3, -0.25) is 4.79 Å². The van der Waals surface area contributed by atoms with Crippen LogP contribution >= 0.6 is 12.4 Å². The Hall–Kier alpha value is -1.92. The van der Waals surface area contributed by atoms with Crippen LogP contribution in [0.5, 0.6) is 0 Å². The second-order valence-electron chi connectivity index (χ2n) is 7.91. The van der Waals surface area contributed by atoms with E-state index in [1.165, 1.54) is 18.4 Å². The molecule has 1 aromatic heterocycles. The summed E-state index contributed by atoms with van der Waals surface area (Å²) in [5.74, 6) is 0.425. The zero-order valence-electron chi connectivity index (χ0n) is 16.4. The lowest BCUT2D eigenvalue weighted by molar-refractivity contribution is 0.0922. The number of benzene rings is 1. The molecule has 1 saturated heterocycles. The van der Waals surface area contributed by atoms with Crippen LogP contribution in [-0.4, -0.2) is 40.0 Å². The first-order valence-electron chi connectivity index (χ1n) is 10.2. The smallest absolute Gasteiger partial charge is 0.273 e. The van der Waals surface area contributed by atoms with E-state index in [1.54, 1.807) is 0 Å². The first-order chi connectivity index (χ1) is 13.2. The average molecular weight is 404 g/mol. The van der Waals surface area contributed by atoms with Crippen LogP contribution in [0, 0.1) is 12.8 Å². The van der Waals surface area contributed by atoms with E-state index >= 15 is 0 Å². The Morgan fingerprint density at radius 1 is 1.18 bits per heavy atom. The summed E-state index contributed by atoms with van der Waals surface area (Å²) in [5, 5.41) is 15.1. The van der Waals surface area contributed by atoms with Gasteiger partial charge in [0.25, 0.3) is 5.91 Å². The van der Waals surface area contributed by atoms with Crippen LogP contribution in [0.1, 0.15) is 59.9 Å². The van der Waals surface area contributed by atoms with Gasteiger partial charge in [0.15, 0.2) is 5.69 Å². The highest BCUT2D eigenvalue weighted by Crippen LogP contribution is 2.29. The van der Waals surface area contributed by atoms with Gasteiger partial charge in [0.05, 0.1) is 11.7 Å². The van der Waals surface area contributed by atoms with Gasteiger partial charge in [-0.1, -0.05) is 42.0 Å². The molecule has 28 heavy (non-hydrogen) atoms. The van der Waals surface area contributed by atoms with Gasteiger partial charge in [-0.2, -0.15) is 0 Å². The van der Waals surface area contributed by atoms with Crippen molar-refractivity contribution < 1.29 is 4.79 Å². The molecule has 2 aromatic rings. The normalized spacial score (nSPS) is 22.6. The van der Waals surface area contributed by atoms with Crippen LogP contribution in [0.2, 0.25) is 0 Å². The molecule has 0 bridgehead atoms. The Morgan fingerprint density at radius 2 is 1.93 bits per heavy atom. The highest BCUT2D eigenvalue weighted by Gasteiger charge is 2.30. The van der Waals surface area contributed by atoms with Crippen molar-refractivity contribution in [2.24, 2.45) is 5.92 Å². The quantitative estimate of drug-likeness (QED) is 0.804. The molecule has 0 spiro atoms. The number of piperidine rings is 1. The fourth-order valence-electron chi connectivity index (χ4n) is 4.57. The molecule has 7 heteroatoms. The van der Waals surface area contributed by atoms with E-state index in [2.05, 4.69) is 45.2 Å². The number of carbonyl (C=O) groups is 1. The maximum atomic E-state index is 12.9. The van der Waals surface area contributed by atoms with Crippen molar-refractivity contribution in [2.75, 3.05) is 13.1 Å². The average Bonchev–Trinajstić information content (AvgIpc) is 3.30. The number of hydrogen-bond donors (Lipinski definition) is 2. The van der Waals surface area contributed by atoms with Gasteiger partial charge >= 0.3 is 0 Å². The summed E-state index contributed by atoms with van der Waals surface area (Å²) >= 11 is 0. The molecular formula is C21H30ClN5O. The van der Waals surface area contributed by atoms with Gasteiger partial charge in [-0.05, 0) is 63.6 Å². The van der Waals surface area contributed by atoms with Crippen LogP contribution in [-0.2, 0) is 6.42 Å². The van der Waals surface area contributed by atoms with E-state index in [-0.39, 0.29) is 24.4 Å². The molecule has 2 aliphatic rings. The fourth-order valence-corrected chi connectivity index (χ4v) is 4.57. The number of halogens is 1. The minimum absolute atomic E-state index is 0. The molecule has 152 valence electrons. The largest absolute Gasteiger partial charge is 0.348 e. The molecule has 2 atom stereocenters. The number of nitrogens with one attached hydrogen (secondary N) is 2. The Kier molecular flexibility index (Phi) is 7.08. The van der Waals surface area contributed by atoms with Crippen LogP contribution in [0.15, 0.2) is 30.3 Å². The summed E-state index contributed by atoms with van der Waals surface area (Å²) < 4.78 is 1.95. The monoisotopic (exact) mass is 403 g/mol. The molecule has 1 aliphatic carbocycles. The highest BCUT2D eigenvalue weighted by atomic mass is 35.5. The van der Waals surface area contributed by atoms with E-state index in [1.807, 2.05) is 17.7 Å². The Labute approximate surface area is 172 Å². The third-order valence-corrected chi connectivity index (χ3v) is 6.11. The fraction of sp³-hybridized carbons (Fsp3) is 0.571. The lowest BCUT2D eigenvalue weighted by Crippen LogP contribution is -2.38. The van der Waals surface area contributed by atoms with E-state index in [0.29, 0.717) is 17.7 Å². The van der Waals surface area contributed by atoms with Crippen LogP contribution in [0.4, 0.5) is 0 Å². The van der Waals surface area contributed by atoms with Gasteiger partial charge in [0, 0.05) is 6.04 Å². The van der Waals surface area contributed by atoms with Gasteiger partial charge in [-0.15, -0.1) is 17.5 Å². The van der Waals surface area contributed by atoms with Gasteiger partial charge in [0.2, 0.25) is 0 Å². The number of nitrogens with zero attached hydrogens (tertiary/aromatic N) is 3. The summed E-state index contributed by atoms with van der Waals surface area (Å²) in [5.41, 5.74) is 2.72. The zero-order chi connectivity index (χ0) is 18.6. The molecule has 2 unspecified atom stereocenters. The second kappa shape index (κ2) is 9.52. The number of amides is 1. The van der Waals surface area contributed by atoms with E-state index < -0.39 is 0 Å². The van der Waals surface area contributed by atoms with Crippen molar-refractivity contribution >= 4 is 18.3 Å². The molecule has 2 N–H and O–H groups in total. The first-order valence-corrected chi connectivity index (χ1v) is 10.2. The summed E-state index contributed by atoms with van der Waals surface area (Å²) in [6.45, 7) is 3.95. The summed E-state index contributed by atoms with van der Waals surface area (Å²) in [7, 11) is 0. The third kappa shape index (κ3) is 4.55. The van der Waals surface area contributed by atoms with Crippen molar-refractivity contribution in [1.29, 1.82) is 0 Å². The summed E-state index contributed by atoms with van der Waals surface area (Å²) in [6, 6.07) is 11.1. The maximum absolute atomic E-state index is 12.9. The predicted octanol–water partition coefficient (Wildman–Crippen LogP) is 3.07. The Bertz CT molecular complexity index is 772. The van der Waals surface area contributed by atoms with Crippen LogP contribution in [0.25, 0.3) is 0 Å². The predicted molar refractivity (Wildman–Crippen MR) is 112 cm³/mol. The zero-order valence-corrected chi connectivity index (χ0v) is 17.3. The first kappa shape index (κ1) is 20.8. The number of aromatic nitrogens is 3. The molecule has 0 radical (unpaired) electrons. The Morgan fingerprint density at radius 3 is 2.68 bits per heavy atom. The van der Waals surface area contributed by atoms with E-state index in [9.17, 15) is 4.79 Å².